The molecule has 7 heteroatoms. The highest BCUT2D eigenvalue weighted by Gasteiger charge is 2.13. The van der Waals surface area contributed by atoms with E-state index in [9.17, 15) is 0 Å². The average Bonchev–Trinajstić information content (AvgIpc) is 2.92. The van der Waals surface area contributed by atoms with E-state index in [2.05, 4.69) is 31.1 Å². The Bertz CT molecular complexity index is 478. The fourth-order valence-corrected chi connectivity index (χ4v) is 2.18. The SMILES string of the molecule is CC(C)(C)Cc1cn(CCOCCOCCOCCOC(C)(C)C)nn1. The molecular formula is C19H37N3O4. The van der Waals surface area contributed by atoms with Gasteiger partial charge in [0.05, 0.1) is 64.1 Å². The van der Waals surface area contributed by atoms with Gasteiger partial charge < -0.3 is 18.9 Å². The minimum Gasteiger partial charge on any atom is -0.377 e. The Morgan fingerprint density at radius 3 is 1.88 bits per heavy atom. The van der Waals surface area contributed by atoms with Gasteiger partial charge in [0.2, 0.25) is 0 Å². The summed E-state index contributed by atoms with van der Waals surface area (Å²) in [6.07, 6.45) is 2.91. The topological polar surface area (TPSA) is 67.6 Å². The minimum absolute atomic E-state index is 0.114. The van der Waals surface area contributed by atoms with Crippen LogP contribution < -0.4 is 0 Å². The zero-order chi connectivity index (χ0) is 19.5. The van der Waals surface area contributed by atoms with Crippen LogP contribution in [-0.2, 0) is 31.9 Å². The normalized spacial score (nSPS) is 12.7. The number of rotatable bonds is 13. The Kier molecular flexibility index (Phi) is 10.3. The van der Waals surface area contributed by atoms with Crippen LogP contribution in [0, 0.1) is 5.41 Å². The molecule has 7 nitrogen and oxygen atoms in total. The van der Waals surface area contributed by atoms with Crippen molar-refractivity contribution in [2.24, 2.45) is 5.41 Å². The van der Waals surface area contributed by atoms with Crippen LogP contribution >= 0.6 is 0 Å². The van der Waals surface area contributed by atoms with Gasteiger partial charge in [0, 0.05) is 6.20 Å². The molecule has 0 saturated heterocycles. The van der Waals surface area contributed by atoms with Gasteiger partial charge in [-0.1, -0.05) is 26.0 Å². The van der Waals surface area contributed by atoms with E-state index in [1.54, 1.807) is 0 Å². The molecule has 26 heavy (non-hydrogen) atoms. The molecule has 1 aromatic rings. The first kappa shape index (κ1) is 23.0. The maximum absolute atomic E-state index is 5.57. The second-order valence-corrected chi connectivity index (χ2v) is 8.51. The van der Waals surface area contributed by atoms with Crippen molar-refractivity contribution in [3.8, 4) is 0 Å². The lowest BCUT2D eigenvalue weighted by Gasteiger charge is -2.19. The van der Waals surface area contributed by atoms with Gasteiger partial charge in [-0.15, -0.1) is 5.10 Å². The van der Waals surface area contributed by atoms with Gasteiger partial charge >= 0.3 is 0 Å². The van der Waals surface area contributed by atoms with E-state index < -0.39 is 0 Å². The lowest BCUT2D eigenvalue weighted by Crippen LogP contribution is -2.22. The maximum Gasteiger partial charge on any atom is 0.0832 e. The predicted molar refractivity (Wildman–Crippen MR) is 101 cm³/mol. The summed E-state index contributed by atoms with van der Waals surface area (Å²) in [4.78, 5) is 0. The number of hydrogen-bond acceptors (Lipinski definition) is 6. The van der Waals surface area contributed by atoms with E-state index in [1.807, 2.05) is 31.6 Å². The molecule has 1 aromatic heterocycles. The highest BCUT2D eigenvalue weighted by molar-refractivity contribution is 4.95. The fourth-order valence-electron chi connectivity index (χ4n) is 2.18. The Balaban J connectivity index is 1.91. The van der Waals surface area contributed by atoms with Gasteiger partial charge in [0.25, 0.3) is 0 Å². The third kappa shape index (κ3) is 13.2. The molecule has 0 aromatic carbocycles. The largest absolute Gasteiger partial charge is 0.377 e. The summed E-state index contributed by atoms with van der Waals surface area (Å²) in [5, 5.41) is 8.32. The summed E-state index contributed by atoms with van der Waals surface area (Å²) in [5.74, 6) is 0. The van der Waals surface area contributed by atoms with Crippen molar-refractivity contribution in [1.82, 2.24) is 15.0 Å². The molecule has 0 unspecified atom stereocenters. The summed E-state index contributed by atoms with van der Waals surface area (Å²) in [6.45, 7) is 17.4. The van der Waals surface area contributed by atoms with Gasteiger partial charge in [0.1, 0.15) is 0 Å². The number of hydrogen-bond donors (Lipinski definition) is 0. The van der Waals surface area contributed by atoms with Crippen LogP contribution in [0.4, 0.5) is 0 Å². The average molecular weight is 372 g/mol. The standard InChI is InChI=1S/C19H37N3O4/c1-18(2,3)15-17-16-22(21-20-17)7-8-23-9-10-24-11-12-25-13-14-26-19(4,5)6/h16H,7-15H2,1-6H3. The zero-order valence-corrected chi connectivity index (χ0v) is 17.4. The van der Waals surface area contributed by atoms with E-state index in [-0.39, 0.29) is 11.0 Å². The van der Waals surface area contributed by atoms with Crippen LogP contribution in [0.2, 0.25) is 0 Å². The molecular weight excluding hydrogens is 334 g/mol. The van der Waals surface area contributed by atoms with Crippen LogP contribution in [0.1, 0.15) is 47.2 Å². The van der Waals surface area contributed by atoms with Crippen molar-refractivity contribution >= 4 is 0 Å². The smallest absolute Gasteiger partial charge is 0.0832 e. The van der Waals surface area contributed by atoms with E-state index in [4.69, 9.17) is 18.9 Å². The lowest BCUT2D eigenvalue weighted by molar-refractivity contribution is -0.0451. The molecule has 0 aliphatic carbocycles. The first-order valence-electron chi connectivity index (χ1n) is 9.42. The lowest BCUT2D eigenvalue weighted by atomic mass is 9.91. The predicted octanol–water partition coefficient (Wildman–Crippen LogP) is 2.73. The molecule has 0 amide bonds. The Labute approximate surface area is 158 Å². The molecule has 0 fully saturated rings. The summed E-state index contributed by atoms with van der Waals surface area (Å²) >= 11 is 0. The minimum atomic E-state index is -0.114. The number of aromatic nitrogens is 3. The zero-order valence-electron chi connectivity index (χ0n) is 17.4. The Morgan fingerprint density at radius 2 is 1.35 bits per heavy atom. The van der Waals surface area contributed by atoms with Crippen molar-refractivity contribution in [3.05, 3.63) is 11.9 Å². The Hall–Kier alpha value is -1.02. The van der Waals surface area contributed by atoms with E-state index in [0.29, 0.717) is 52.8 Å². The second kappa shape index (κ2) is 11.6. The highest BCUT2D eigenvalue weighted by Crippen LogP contribution is 2.18. The van der Waals surface area contributed by atoms with Crippen LogP contribution in [0.5, 0.6) is 0 Å². The van der Waals surface area contributed by atoms with E-state index in [0.717, 1.165) is 12.1 Å². The molecule has 0 N–H and O–H groups in total. The molecule has 0 aliphatic rings. The van der Waals surface area contributed by atoms with Gasteiger partial charge in [-0.2, -0.15) is 0 Å². The third-order valence-corrected chi connectivity index (χ3v) is 3.27. The molecule has 1 heterocycles. The van der Waals surface area contributed by atoms with Gasteiger partial charge in [0.15, 0.2) is 0 Å². The molecule has 0 atom stereocenters. The molecule has 0 bridgehead atoms. The van der Waals surface area contributed by atoms with Gasteiger partial charge in [-0.3, -0.25) is 0 Å². The van der Waals surface area contributed by atoms with E-state index in [1.165, 1.54) is 0 Å². The van der Waals surface area contributed by atoms with Gasteiger partial charge in [-0.25, -0.2) is 4.68 Å². The first-order chi connectivity index (χ1) is 12.2. The van der Waals surface area contributed by atoms with Crippen LogP contribution in [0.3, 0.4) is 0 Å². The van der Waals surface area contributed by atoms with Crippen molar-refractivity contribution in [1.29, 1.82) is 0 Å². The second-order valence-electron chi connectivity index (χ2n) is 8.51. The van der Waals surface area contributed by atoms with Crippen LogP contribution in [0.25, 0.3) is 0 Å². The van der Waals surface area contributed by atoms with Crippen molar-refractivity contribution in [3.63, 3.8) is 0 Å². The summed E-state index contributed by atoms with van der Waals surface area (Å²) in [6, 6.07) is 0. The summed E-state index contributed by atoms with van der Waals surface area (Å²) in [7, 11) is 0. The highest BCUT2D eigenvalue weighted by atomic mass is 16.6. The van der Waals surface area contributed by atoms with Crippen LogP contribution in [-0.4, -0.2) is 66.8 Å². The molecule has 1 rings (SSSR count). The third-order valence-electron chi connectivity index (χ3n) is 3.27. The number of nitrogens with zero attached hydrogens (tertiary/aromatic N) is 3. The molecule has 152 valence electrons. The fraction of sp³-hybridized carbons (Fsp3) is 0.895. The van der Waals surface area contributed by atoms with Gasteiger partial charge in [-0.05, 0) is 32.6 Å². The Morgan fingerprint density at radius 1 is 0.808 bits per heavy atom. The van der Waals surface area contributed by atoms with Crippen molar-refractivity contribution < 1.29 is 18.9 Å². The molecule has 0 aliphatic heterocycles. The van der Waals surface area contributed by atoms with Crippen LogP contribution in [0.15, 0.2) is 6.20 Å². The monoisotopic (exact) mass is 371 g/mol. The van der Waals surface area contributed by atoms with Crippen molar-refractivity contribution in [2.75, 3.05) is 46.2 Å². The first-order valence-corrected chi connectivity index (χ1v) is 9.42. The summed E-state index contributed by atoms with van der Waals surface area (Å²) in [5.41, 5.74) is 1.13. The number of ether oxygens (including phenoxy) is 4. The van der Waals surface area contributed by atoms with E-state index >= 15 is 0 Å². The quantitative estimate of drug-likeness (QED) is 0.497. The molecule has 0 radical (unpaired) electrons. The maximum atomic E-state index is 5.57. The summed E-state index contributed by atoms with van der Waals surface area (Å²) < 4.78 is 23.9. The molecule has 0 saturated carbocycles. The van der Waals surface area contributed by atoms with Crippen molar-refractivity contribution in [2.45, 2.75) is 60.1 Å². The molecule has 0 spiro atoms.